The predicted octanol–water partition coefficient (Wildman–Crippen LogP) is 3.36. The van der Waals surface area contributed by atoms with Crippen LogP contribution in [-0.2, 0) is 9.63 Å². The molecular weight excluding hydrogens is 360 g/mol. The first-order chi connectivity index (χ1) is 12.6. The number of nitrogens with one attached hydrogen (secondary N) is 1. The van der Waals surface area contributed by atoms with Crippen molar-refractivity contribution in [3.8, 4) is 17.2 Å². The largest absolute Gasteiger partial charge is 0.497 e. The van der Waals surface area contributed by atoms with Crippen molar-refractivity contribution in [3.63, 3.8) is 0 Å². The van der Waals surface area contributed by atoms with Crippen molar-refractivity contribution >= 4 is 29.4 Å². The molecule has 0 fully saturated rings. The highest BCUT2D eigenvalue weighted by Gasteiger charge is 2.10. The van der Waals surface area contributed by atoms with Crippen LogP contribution in [0.15, 0.2) is 41.6 Å². The van der Waals surface area contributed by atoms with Crippen molar-refractivity contribution < 1.29 is 23.8 Å². The molecule has 0 spiro atoms. The number of hydrogen-bond donors (Lipinski definition) is 1. The molecule has 1 amide bonds. The summed E-state index contributed by atoms with van der Waals surface area (Å²) in [7, 11) is 4.59. The Morgan fingerprint density at radius 3 is 2.46 bits per heavy atom. The van der Waals surface area contributed by atoms with E-state index in [1.165, 1.54) is 20.4 Å². The Morgan fingerprint density at radius 1 is 1.12 bits per heavy atom. The van der Waals surface area contributed by atoms with Gasteiger partial charge in [-0.2, -0.15) is 0 Å². The maximum Gasteiger partial charge on any atom is 0.265 e. The zero-order valence-electron chi connectivity index (χ0n) is 14.6. The third-order valence-corrected chi connectivity index (χ3v) is 3.58. The van der Waals surface area contributed by atoms with Gasteiger partial charge in [-0.25, -0.2) is 0 Å². The molecule has 0 saturated heterocycles. The number of carbonyl (C=O) groups excluding carboxylic acids is 1. The van der Waals surface area contributed by atoms with E-state index >= 15 is 0 Å². The zero-order valence-corrected chi connectivity index (χ0v) is 15.4. The summed E-state index contributed by atoms with van der Waals surface area (Å²) in [5.74, 6) is 1.28. The van der Waals surface area contributed by atoms with Crippen LogP contribution in [0.2, 0.25) is 5.02 Å². The summed E-state index contributed by atoms with van der Waals surface area (Å²) in [6, 6.07) is 10.3. The maximum atomic E-state index is 11.8. The molecule has 2 rings (SSSR count). The number of hydrogen-bond acceptors (Lipinski definition) is 6. The van der Waals surface area contributed by atoms with Crippen LogP contribution in [0, 0.1) is 0 Å². The van der Waals surface area contributed by atoms with E-state index in [0.717, 1.165) is 0 Å². The topological polar surface area (TPSA) is 78.4 Å². The lowest BCUT2D eigenvalue weighted by atomic mass is 10.2. The van der Waals surface area contributed by atoms with Gasteiger partial charge in [0.05, 0.1) is 32.6 Å². The Kier molecular flexibility index (Phi) is 7.11. The molecule has 7 nitrogen and oxygen atoms in total. The minimum absolute atomic E-state index is 0.233. The fourth-order valence-corrected chi connectivity index (χ4v) is 2.37. The van der Waals surface area contributed by atoms with Gasteiger partial charge in [-0.1, -0.05) is 16.8 Å². The van der Waals surface area contributed by atoms with Crippen LogP contribution in [0.1, 0.15) is 5.56 Å². The van der Waals surface area contributed by atoms with Gasteiger partial charge >= 0.3 is 0 Å². The molecule has 0 saturated carbocycles. The lowest BCUT2D eigenvalue weighted by Gasteiger charge is -2.09. The molecule has 8 heteroatoms. The number of carbonyl (C=O) groups is 1. The molecule has 0 aliphatic heterocycles. The van der Waals surface area contributed by atoms with Gasteiger partial charge in [-0.05, 0) is 36.4 Å². The molecule has 0 aromatic heterocycles. The molecule has 2 aromatic carbocycles. The molecule has 0 heterocycles. The van der Waals surface area contributed by atoms with Crippen LogP contribution in [-0.4, -0.2) is 40.1 Å². The van der Waals surface area contributed by atoms with Crippen molar-refractivity contribution in [1.82, 2.24) is 0 Å². The van der Waals surface area contributed by atoms with Gasteiger partial charge in [0.15, 0.2) is 18.1 Å². The first-order valence-electron chi connectivity index (χ1n) is 7.58. The highest BCUT2D eigenvalue weighted by atomic mass is 35.5. The van der Waals surface area contributed by atoms with Crippen LogP contribution < -0.4 is 19.5 Å². The summed E-state index contributed by atoms with van der Waals surface area (Å²) in [4.78, 5) is 16.8. The van der Waals surface area contributed by atoms with E-state index in [9.17, 15) is 4.79 Å². The van der Waals surface area contributed by atoms with Gasteiger partial charge in [0.2, 0.25) is 0 Å². The Hall–Kier alpha value is -2.93. The number of anilines is 1. The molecule has 0 aliphatic rings. The summed E-state index contributed by atoms with van der Waals surface area (Å²) < 4.78 is 15.4. The Labute approximate surface area is 156 Å². The van der Waals surface area contributed by atoms with E-state index in [1.807, 2.05) is 0 Å². The second-order valence-corrected chi connectivity index (χ2v) is 5.43. The SMILES string of the molecule is COc1ccc(NC(=O)CO/N=C\c2cc(Cl)c(OC)c(OC)c2)cc1. The molecule has 2 aromatic rings. The van der Waals surface area contributed by atoms with Crippen LogP contribution in [0.3, 0.4) is 0 Å². The van der Waals surface area contributed by atoms with Gasteiger partial charge in [0.1, 0.15) is 5.75 Å². The molecule has 0 radical (unpaired) electrons. The zero-order chi connectivity index (χ0) is 18.9. The highest BCUT2D eigenvalue weighted by Crippen LogP contribution is 2.35. The van der Waals surface area contributed by atoms with E-state index in [-0.39, 0.29) is 12.5 Å². The predicted molar refractivity (Wildman–Crippen MR) is 99.7 cm³/mol. The van der Waals surface area contributed by atoms with E-state index in [0.29, 0.717) is 33.5 Å². The summed E-state index contributed by atoms with van der Waals surface area (Å²) >= 11 is 6.11. The molecule has 1 N–H and O–H groups in total. The van der Waals surface area contributed by atoms with Crippen molar-refractivity contribution in [2.75, 3.05) is 33.3 Å². The van der Waals surface area contributed by atoms with Crippen molar-refractivity contribution in [3.05, 3.63) is 47.0 Å². The Balaban J connectivity index is 1.88. The molecule has 26 heavy (non-hydrogen) atoms. The van der Waals surface area contributed by atoms with Crippen LogP contribution in [0.4, 0.5) is 5.69 Å². The Bertz CT molecular complexity index is 778. The van der Waals surface area contributed by atoms with Crippen LogP contribution >= 0.6 is 11.6 Å². The third kappa shape index (κ3) is 5.29. The summed E-state index contributed by atoms with van der Waals surface area (Å²) in [5, 5.41) is 6.83. The van der Waals surface area contributed by atoms with Crippen LogP contribution in [0.25, 0.3) is 0 Å². The summed E-state index contributed by atoms with van der Waals surface area (Å²) in [5.41, 5.74) is 1.28. The van der Waals surface area contributed by atoms with E-state index in [2.05, 4.69) is 10.5 Å². The van der Waals surface area contributed by atoms with Crippen LogP contribution in [0.5, 0.6) is 17.2 Å². The Morgan fingerprint density at radius 2 is 1.85 bits per heavy atom. The first-order valence-corrected chi connectivity index (χ1v) is 7.96. The lowest BCUT2D eigenvalue weighted by molar-refractivity contribution is -0.120. The number of ether oxygens (including phenoxy) is 3. The molecule has 0 atom stereocenters. The lowest BCUT2D eigenvalue weighted by Crippen LogP contribution is -2.16. The van der Waals surface area contributed by atoms with E-state index in [4.69, 9.17) is 30.6 Å². The van der Waals surface area contributed by atoms with Crippen molar-refractivity contribution in [2.45, 2.75) is 0 Å². The second-order valence-electron chi connectivity index (χ2n) is 5.02. The maximum absolute atomic E-state index is 11.8. The van der Waals surface area contributed by atoms with Crippen molar-refractivity contribution in [1.29, 1.82) is 0 Å². The van der Waals surface area contributed by atoms with E-state index in [1.54, 1.807) is 43.5 Å². The fourth-order valence-electron chi connectivity index (χ4n) is 2.08. The first kappa shape index (κ1) is 19.4. The van der Waals surface area contributed by atoms with Crippen molar-refractivity contribution in [2.24, 2.45) is 5.16 Å². The van der Waals surface area contributed by atoms with Gasteiger partial charge in [-0.3, -0.25) is 4.79 Å². The standard InChI is InChI=1S/C18H19ClN2O5/c1-23-14-6-4-13(5-7-14)21-17(22)11-26-20-10-12-8-15(19)18(25-3)16(9-12)24-2/h4-10H,11H2,1-3H3,(H,21,22)/b20-10-. The molecule has 138 valence electrons. The number of oxime groups is 1. The number of methoxy groups -OCH3 is 3. The normalized spacial score (nSPS) is 10.5. The summed E-state index contributed by atoms with van der Waals surface area (Å²) in [6.07, 6.45) is 1.43. The average molecular weight is 379 g/mol. The molecular formula is C18H19ClN2O5. The highest BCUT2D eigenvalue weighted by molar-refractivity contribution is 6.32. The number of amides is 1. The average Bonchev–Trinajstić information content (AvgIpc) is 2.65. The number of nitrogens with zero attached hydrogens (tertiary/aromatic N) is 1. The number of rotatable bonds is 8. The monoisotopic (exact) mass is 378 g/mol. The smallest absolute Gasteiger partial charge is 0.265 e. The number of halogens is 1. The summed E-state index contributed by atoms with van der Waals surface area (Å²) in [6.45, 7) is -0.233. The van der Waals surface area contributed by atoms with Gasteiger partial charge in [-0.15, -0.1) is 0 Å². The number of benzene rings is 2. The molecule has 0 aliphatic carbocycles. The quantitative estimate of drug-likeness (QED) is 0.563. The van der Waals surface area contributed by atoms with Gasteiger partial charge in [0, 0.05) is 11.3 Å². The molecule has 0 bridgehead atoms. The minimum Gasteiger partial charge on any atom is -0.497 e. The minimum atomic E-state index is -0.335. The van der Waals surface area contributed by atoms with Gasteiger partial charge in [0.25, 0.3) is 5.91 Å². The molecule has 0 unspecified atom stereocenters. The third-order valence-electron chi connectivity index (χ3n) is 3.30. The van der Waals surface area contributed by atoms with E-state index < -0.39 is 0 Å². The fraction of sp³-hybridized carbons (Fsp3) is 0.222. The second kappa shape index (κ2) is 9.53. The van der Waals surface area contributed by atoms with Gasteiger partial charge < -0.3 is 24.4 Å².